The second-order valence-corrected chi connectivity index (χ2v) is 3.75. The van der Waals surface area contributed by atoms with Crippen LogP contribution in [0.5, 0.6) is 0 Å². The summed E-state index contributed by atoms with van der Waals surface area (Å²) >= 11 is 0. The molecule has 0 spiro atoms. The van der Waals surface area contributed by atoms with Crippen LogP contribution in [-0.4, -0.2) is 15.0 Å². The van der Waals surface area contributed by atoms with E-state index in [4.69, 9.17) is 5.73 Å². The van der Waals surface area contributed by atoms with Crippen molar-refractivity contribution in [3.8, 4) is 11.4 Å². The first-order chi connectivity index (χ1) is 8.10. The second kappa shape index (κ2) is 4.45. The molecule has 88 valence electrons. The summed E-state index contributed by atoms with van der Waals surface area (Å²) in [6, 6.07) is 4.50. The van der Waals surface area contributed by atoms with E-state index in [-0.39, 0.29) is 11.8 Å². The zero-order valence-electron chi connectivity index (χ0n) is 9.74. The SMILES string of the molecule is CCc1nc(N)nc(-c2cc(F)ccc2C)n1. The first kappa shape index (κ1) is 11.4. The molecule has 2 rings (SSSR count). The van der Waals surface area contributed by atoms with Crippen molar-refractivity contribution in [1.82, 2.24) is 15.0 Å². The minimum atomic E-state index is -0.317. The van der Waals surface area contributed by atoms with Crippen molar-refractivity contribution in [2.45, 2.75) is 20.3 Å². The lowest BCUT2D eigenvalue weighted by molar-refractivity contribution is 0.627. The number of hydrogen-bond acceptors (Lipinski definition) is 4. The van der Waals surface area contributed by atoms with Crippen molar-refractivity contribution in [1.29, 1.82) is 0 Å². The van der Waals surface area contributed by atoms with Crippen LogP contribution in [-0.2, 0) is 6.42 Å². The van der Waals surface area contributed by atoms with Crippen molar-refractivity contribution in [2.24, 2.45) is 0 Å². The van der Waals surface area contributed by atoms with Crippen LogP contribution < -0.4 is 5.73 Å². The molecule has 4 nitrogen and oxygen atoms in total. The Morgan fingerprint density at radius 2 is 2.00 bits per heavy atom. The van der Waals surface area contributed by atoms with Gasteiger partial charge in [-0.15, -0.1) is 0 Å². The Morgan fingerprint density at radius 3 is 2.71 bits per heavy atom. The van der Waals surface area contributed by atoms with E-state index in [9.17, 15) is 4.39 Å². The summed E-state index contributed by atoms with van der Waals surface area (Å²) in [5.74, 6) is 0.876. The van der Waals surface area contributed by atoms with Gasteiger partial charge in [-0.3, -0.25) is 0 Å². The summed E-state index contributed by atoms with van der Waals surface area (Å²) in [5, 5.41) is 0. The molecule has 0 bridgehead atoms. The summed E-state index contributed by atoms with van der Waals surface area (Å²) < 4.78 is 13.2. The summed E-state index contributed by atoms with van der Waals surface area (Å²) in [6.45, 7) is 3.80. The highest BCUT2D eigenvalue weighted by Crippen LogP contribution is 2.21. The predicted octanol–water partition coefficient (Wildman–Crippen LogP) is 2.13. The third kappa shape index (κ3) is 2.38. The van der Waals surface area contributed by atoms with Crippen molar-refractivity contribution >= 4 is 5.95 Å². The van der Waals surface area contributed by atoms with Gasteiger partial charge < -0.3 is 5.73 Å². The molecule has 0 fully saturated rings. The molecule has 1 heterocycles. The van der Waals surface area contributed by atoms with E-state index in [1.165, 1.54) is 12.1 Å². The molecule has 0 aliphatic rings. The summed E-state index contributed by atoms with van der Waals surface area (Å²) in [7, 11) is 0. The molecule has 0 amide bonds. The van der Waals surface area contributed by atoms with Crippen molar-refractivity contribution in [2.75, 3.05) is 5.73 Å². The average Bonchev–Trinajstić information content (AvgIpc) is 2.31. The average molecular weight is 232 g/mol. The lowest BCUT2D eigenvalue weighted by Crippen LogP contribution is -2.04. The number of nitrogens with two attached hydrogens (primary N) is 1. The van der Waals surface area contributed by atoms with E-state index >= 15 is 0 Å². The largest absolute Gasteiger partial charge is 0.368 e. The van der Waals surface area contributed by atoms with Gasteiger partial charge in [-0.1, -0.05) is 13.0 Å². The monoisotopic (exact) mass is 232 g/mol. The number of rotatable bonds is 2. The fourth-order valence-electron chi connectivity index (χ4n) is 1.55. The Kier molecular flexibility index (Phi) is 2.99. The van der Waals surface area contributed by atoms with Gasteiger partial charge in [0, 0.05) is 12.0 Å². The predicted molar refractivity (Wildman–Crippen MR) is 63.7 cm³/mol. The van der Waals surface area contributed by atoms with Crippen molar-refractivity contribution in [3.05, 3.63) is 35.4 Å². The molecular weight excluding hydrogens is 219 g/mol. The lowest BCUT2D eigenvalue weighted by Gasteiger charge is -2.06. The Labute approximate surface area is 98.7 Å². The van der Waals surface area contributed by atoms with Crippen molar-refractivity contribution in [3.63, 3.8) is 0 Å². The fourth-order valence-corrected chi connectivity index (χ4v) is 1.55. The number of benzene rings is 1. The van der Waals surface area contributed by atoms with Crippen LogP contribution in [0.3, 0.4) is 0 Å². The van der Waals surface area contributed by atoms with Crippen LogP contribution in [0, 0.1) is 12.7 Å². The minimum absolute atomic E-state index is 0.163. The Bertz CT molecular complexity index is 554. The third-order valence-corrected chi connectivity index (χ3v) is 2.46. The number of halogens is 1. The zero-order chi connectivity index (χ0) is 12.4. The standard InChI is InChI=1S/C12H13FN4/c1-3-10-15-11(17-12(14)16-10)9-6-8(13)5-4-7(9)2/h4-6H,3H2,1-2H3,(H2,14,15,16,17). The lowest BCUT2D eigenvalue weighted by atomic mass is 10.1. The van der Waals surface area contributed by atoms with E-state index in [1.54, 1.807) is 6.07 Å². The Balaban J connectivity index is 2.59. The number of anilines is 1. The summed E-state index contributed by atoms with van der Waals surface area (Å²) in [6.07, 6.45) is 0.661. The zero-order valence-corrected chi connectivity index (χ0v) is 9.74. The van der Waals surface area contributed by atoms with E-state index < -0.39 is 0 Å². The maximum atomic E-state index is 13.2. The number of aryl methyl sites for hydroxylation is 2. The van der Waals surface area contributed by atoms with Crippen LogP contribution in [0.25, 0.3) is 11.4 Å². The second-order valence-electron chi connectivity index (χ2n) is 3.75. The molecule has 5 heteroatoms. The maximum Gasteiger partial charge on any atom is 0.223 e. The molecule has 2 N–H and O–H groups in total. The molecule has 0 unspecified atom stereocenters. The molecule has 0 radical (unpaired) electrons. The molecule has 0 aliphatic carbocycles. The maximum absolute atomic E-state index is 13.2. The van der Waals surface area contributed by atoms with Crippen LogP contribution in [0.15, 0.2) is 18.2 Å². The topological polar surface area (TPSA) is 64.7 Å². The summed E-state index contributed by atoms with van der Waals surface area (Å²) in [4.78, 5) is 12.3. The molecule has 2 aromatic rings. The highest BCUT2D eigenvalue weighted by molar-refractivity contribution is 5.60. The van der Waals surface area contributed by atoms with E-state index in [0.29, 0.717) is 23.6 Å². The van der Waals surface area contributed by atoms with Crippen LogP contribution in [0.2, 0.25) is 0 Å². The van der Waals surface area contributed by atoms with Crippen LogP contribution >= 0.6 is 0 Å². The first-order valence-electron chi connectivity index (χ1n) is 5.37. The van der Waals surface area contributed by atoms with Crippen molar-refractivity contribution < 1.29 is 4.39 Å². The minimum Gasteiger partial charge on any atom is -0.368 e. The summed E-state index contributed by atoms with van der Waals surface area (Å²) in [5.41, 5.74) is 7.15. The van der Waals surface area contributed by atoms with Crippen LogP contribution in [0.4, 0.5) is 10.3 Å². The molecule has 1 aromatic heterocycles. The number of nitrogen functional groups attached to an aromatic ring is 1. The van der Waals surface area contributed by atoms with Gasteiger partial charge >= 0.3 is 0 Å². The van der Waals surface area contributed by atoms with Gasteiger partial charge in [0.05, 0.1) is 0 Å². The molecule has 17 heavy (non-hydrogen) atoms. The Morgan fingerprint density at radius 1 is 1.24 bits per heavy atom. The molecule has 0 saturated heterocycles. The Hall–Kier alpha value is -2.04. The number of aromatic nitrogens is 3. The van der Waals surface area contributed by atoms with Gasteiger partial charge in [0.15, 0.2) is 5.82 Å². The van der Waals surface area contributed by atoms with Gasteiger partial charge in [0.25, 0.3) is 0 Å². The molecule has 0 atom stereocenters. The van der Waals surface area contributed by atoms with Gasteiger partial charge in [-0.2, -0.15) is 9.97 Å². The normalized spacial score (nSPS) is 10.5. The third-order valence-electron chi connectivity index (χ3n) is 2.46. The van der Waals surface area contributed by atoms with E-state index in [0.717, 1.165) is 5.56 Å². The van der Waals surface area contributed by atoms with Crippen LogP contribution in [0.1, 0.15) is 18.3 Å². The quantitative estimate of drug-likeness (QED) is 0.861. The number of hydrogen-bond donors (Lipinski definition) is 1. The molecular formula is C12H13FN4. The molecule has 0 saturated carbocycles. The smallest absolute Gasteiger partial charge is 0.223 e. The molecule has 0 aliphatic heterocycles. The fraction of sp³-hybridized carbons (Fsp3) is 0.250. The van der Waals surface area contributed by atoms with E-state index in [1.807, 2.05) is 13.8 Å². The molecule has 1 aromatic carbocycles. The van der Waals surface area contributed by atoms with Gasteiger partial charge in [0.1, 0.15) is 11.6 Å². The van der Waals surface area contributed by atoms with Gasteiger partial charge in [0.2, 0.25) is 5.95 Å². The number of nitrogens with zero attached hydrogens (tertiary/aromatic N) is 3. The van der Waals surface area contributed by atoms with Gasteiger partial charge in [-0.05, 0) is 24.6 Å². The highest BCUT2D eigenvalue weighted by atomic mass is 19.1. The first-order valence-corrected chi connectivity index (χ1v) is 5.37. The van der Waals surface area contributed by atoms with E-state index in [2.05, 4.69) is 15.0 Å². The highest BCUT2D eigenvalue weighted by Gasteiger charge is 2.09. The van der Waals surface area contributed by atoms with Gasteiger partial charge in [-0.25, -0.2) is 9.37 Å².